The Hall–Kier alpha value is -1.07. The predicted octanol–water partition coefficient (Wildman–Crippen LogP) is 4.84. The second-order valence-electron chi connectivity index (χ2n) is 6.58. The largest absolute Gasteiger partial charge is 0.348 e. The van der Waals surface area contributed by atoms with Crippen molar-refractivity contribution < 1.29 is 24.1 Å². The van der Waals surface area contributed by atoms with Crippen LogP contribution < -0.4 is 0 Å². The first-order valence-corrected chi connectivity index (χ1v) is 7.92. The molecule has 2 nitrogen and oxygen atoms in total. The molecule has 1 aliphatic heterocycles. The van der Waals surface area contributed by atoms with E-state index in [1.54, 1.807) is 0 Å². The van der Waals surface area contributed by atoms with Crippen molar-refractivity contribution in [3.8, 4) is 0 Å². The fraction of sp³-hybridized carbons (Fsp3) is 0.647. The molecule has 0 aromatic heterocycles. The van der Waals surface area contributed by atoms with Crippen LogP contribution in [0.1, 0.15) is 45.9 Å². The molecule has 1 aliphatic carbocycles. The van der Waals surface area contributed by atoms with Crippen LogP contribution in [0.2, 0.25) is 0 Å². The van der Waals surface area contributed by atoms with Crippen molar-refractivity contribution in [3.05, 3.63) is 35.1 Å². The molecule has 3 rings (SSSR count). The highest BCUT2D eigenvalue weighted by Crippen LogP contribution is 2.37. The first-order chi connectivity index (χ1) is 10.5. The average Bonchev–Trinajstić information content (AvgIpc) is 2.53. The van der Waals surface area contributed by atoms with Crippen molar-refractivity contribution in [2.45, 2.75) is 38.9 Å². The zero-order valence-electron chi connectivity index (χ0n) is 12.7. The molecule has 0 amide bonds. The molecular weight excluding hydrogens is 293 g/mol. The maximum atomic E-state index is 13.3. The number of ether oxygens (including phenoxy) is 2. The molecule has 1 heterocycles. The monoisotopic (exact) mass is 316 g/mol. The molecule has 1 saturated carbocycles. The molecule has 0 bridgehead atoms. The third-order valence-electron chi connectivity index (χ3n) is 4.93. The standard InChI is InChI=1S/C17H21F3O2.H2/c1-10-2-4-11(5-3-10)13-8-21-17(22-9-13)12-6-14(18)16(20)15(19)7-12;/h6-7,10-11,13,17H,2-5,8-9H2,1H3;1H. The summed E-state index contributed by atoms with van der Waals surface area (Å²) in [5.41, 5.74) is 0.187. The first kappa shape index (κ1) is 15.8. The molecule has 0 radical (unpaired) electrons. The molecule has 0 spiro atoms. The van der Waals surface area contributed by atoms with Crippen molar-refractivity contribution in [2.24, 2.45) is 17.8 Å². The highest BCUT2D eigenvalue weighted by atomic mass is 19.2. The van der Waals surface area contributed by atoms with E-state index in [4.69, 9.17) is 9.47 Å². The van der Waals surface area contributed by atoms with Crippen molar-refractivity contribution in [1.29, 1.82) is 0 Å². The van der Waals surface area contributed by atoms with E-state index in [1.165, 1.54) is 25.7 Å². The Morgan fingerprint density at radius 1 is 0.909 bits per heavy atom. The molecule has 2 fully saturated rings. The van der Waals surface area contributed by atoms with Gasteiger partial charge in [-0.3, -0.25) is 0 Å². The van der Waals surface area contributed by atoms with Crippen LogP contribution in [0.4, 0.5) is 13.2 Å². The molecule has 2 aliphatic rings. The van der Waals surface area contributed by atoms with Crippen LogP contribution in [0.5, 0.6) is 0 Å². The van der Waals surface area contributed by atoms with Crippen molar-refractivity contribution in [1.82, 2.24) is 0 Å². The lowest BCUT2D eigenvalue weighted by Crippen LogP contribution is -2.34. The van der Waals surface area contributed by atoms with Gasteiger partial charge in [0.05, 0.1) is 13.2 Å². The molecule has 0 unspecified atom stereocenters. The van der Waals surface area contributed by atoms with Gasteiger partial charge in [0, 0.05) is 12.9 Å². The third kappa shape index (κ3) is 3.30. The smallest absolute Gasteiger partial charge is 0.194 e. The molecule has 22 heavy (non-hydrogen) atoms. The Morgan fingerprint density at radius 3 is 2.00 bits per heavy atom. The van der Waals surface area contributed by atoms with E-state index < -0.39 is 23.7 Å². The van der Waals surface area contributed by atoms with Gasteiger partial charge < -0.3 is 9.47 Å². The molecule has 124 valence electrons. The summed E-state index contributed by atoms with van der Waals surface area (Å²) in [6.45, 7) is 3.31. The Labute approximate surface area is 130 Å². The van der Waals surface area contributed by atoms with Gasteiger partial charge >= 0.3 is 0 Å². The summed E-state index contributed by atoms with van der Waals surface area (Å²) in [6.07, 6.45) is 4.02. The SMILES string of the molecule is CC1CCC(C2COC(c3cc(F)c(F)c(F)c3)OC2)CC1.[HH]. The zero-order valence-corrected chi connectivity index (χ0v) is 12.7. The Kier molecular flexibility index (Phi) is 4.73. The summed E-state index contributed by atoms with van der Waals surface area (Å²) >= 11 is 0. The van der Waals surface area contributed by atoms with Crippen LogP contribution in [-0.2, 0) is 9.47 Å². The topological polar surface area (TPSA) is 18.5 Å². The fourth-order valence-electron chi connectivity index (χ4n) is 3.45. The van der Waals surface area contributed by atoms with E-state index in [1.807, 2.05) is 0 Å². The van der Waals surface area contributed by atoms with Gasteiger partial charge in [0.1, 0.15) is 0 Å². The van der Waals surface area contributed by atoms with Gasteiger partial charge in [0.15, 0.2) is 23.7 Å². The lowest BCUT2D eigenvalue weighted by molar-refractivity contribution is -0.214. The Morgan fingerprint density at radius 2 is 1.45 bits per heavy atom. The number of hydrogen-bond acceptors (Lipinski definition) is 2. The van der Waals surface area contributed by atoms with Crippen molar-refractivity contribution in [2.75, 3.05) is 13.2 Å². The van der Waals surface area contributed by atoms with Gasteiger partial charge in [-0.25, -0.2) is 13.2 Å². The Bertz CT molecular complexity index is 502. The second kappa shape index (κ2) is 6.59. The van der Waals surface area contributed by atoms with Gasteiger partial charge in [-0.1, -0.05) is 19.8 Å². The first-order valence-electron chi connectivity index (χ1n) is 7.92. The average molecular weight is 316 g/mol. The number of rotatable bonds is 2. The molecule has 1 aromatic rings. The highest BCUT2D eigenvalue weighted by molar-refractivity contribution is 5.20. The number of hydrogen-bond donors (Lipinski definition) is 0. The van der Waals surface area contributed by atoms with Crippen LogP contribution in [0.15, 0.2) is 12.1 Å². The van der Waals surface area contributed by atoms with E-state index in [9.17, 15) is 13.2 Å². The highest BCUT2D eigenvalue weighted by Gasteiger charge is 2.32. The summed E-state index contributed by atoms with van der Waals surface area (Å²) in [5.74, 6) is -2.18. The maximum Gasteiger partial charge on any atom is 0.194 e. The van der Waals surface area contributed by atoms with E-state index in [-0.39, 0.29) is 6.99 Å². The summed E-state index contributed by atoms with van der Waals surface area (Å²) < 4.78 is 50.8. The maximum absolute atomic E-state index is 13.3. The summed E-state index contributed by atoms with van der Waals surface area (Å²) in [4.78, 5) is 0. The molecule has 1 saturated heterocycles. The minimum absolute atomic E-state index is 0. The van der Waals surface area contributed by atoms with Gasteiger partial charge in [0.2, 0.25) is 0 Å². The molecule has 0 N–H and O–H groups in total. The van der Waals surface area contributed by atoms with Crippen LogP contribution in [0, 0.1) is 35.2 Å². The lowest BCUT2D eigenvalue weighted by Gasteiger charge is -2.37. The van der Waals surface area contributed by atoms with Gasteiger partial charge in [-0.05, 0) is 36.8 Å². The summed E-state index contributed by atoms with van der Waals surface area (Å²) in [6, 6.07) is 1.87. The summed E-state index contributed by atoms with van der Waals surface area (Å²) in [5, 5.41) is 0. The van der Waals surface area contributed by atoms with Gasteiger partial charge in [-0.15, -0.1) is 0 Å². The molecular formula is C17H23F3O2. The van der Waals surface area contributed by atoms with Crippen LogP contribution in [0.25, 0.3) is 0 Å². The Balaban J connectivity index is 0.00000192. The van der Waals surface area contributed by atoms with E-state index in [0.29, 0.717) is 25.0 Å². The van der Waals surface area contributed by atoms with Crippen molar-refractivity contribution >= 4 is 0 Å². The van der Waals surface area contributed by atoms with Gasteiger partial charge in [0.25, 0.3) is 0 Å². The minimum Gasteiger partial charge on any atom is -0.348 e. The predicted molar refractivity (Wildman–Crippen MR) is 77.7 cm³/mol. The van der Waals surface area contributed by atoms with E-state index in [2.05, 4.69) is 6.92 Å². The molecule has 0 atom stereocenters. The van der Waals surface area contributed by atoms with Crippen LogP contribution >= 0.6 is 0 Å². The minimum atomic E-state index is -1.46. The van der Waals surface area contributed by atoms with Gasteiger partial charge in [-0.2, -0.15) is 0 Å². The second-order valence-corrected chi connectivity index (χ2v) is 6.58. The van der Waals surface area contributed by atoms with E-state index in [0.717, 1.165) is 18.1 Å². The van der Waals surface area contributed by atoms with Crippen LogP contribution in [0.3, 0.4) is 0 Å². The van der Waals surface area contributed by atoms with E-state index >= 15 is 0 Å². The third-order valence-corrected chi connectivity index (χ3v) is 4.93. The summed E-state index contributed by atoms with van der Waals surface area (Å²) in [7, 11) is 0. The lowest BCUT2D eigenvalue weighted by atomic mass is 9.76. The van der Waals surface area contributed by atoms with Crippen molar-refractivity contribution in [3.63, 3.8) is 0 Å². The number of benzene rings is 1. The number of halogens is 3. The normalized spacial score (nSPS) is 32.9. The van der Waals surface area contributed by atoms with Crippen LogP contribution in [-0.4, -0.2) is 13.2 Å². The quantitative estimate of drug-likeness (QED) is 0.727. The molecule has 1 aromatic carbocycles. The molecule has 5 heteroatoms. The zero-order chi connectivity index (χ0) is 15.7. The fourth-order valence-corrected chi connectivity index (χ4v) is 3.45.